The SMILES string of the molecule is CC(C)Oc1ccc(C2=C(N(C)CCO)C(=O)N(C(C)C)C2=O)cc1. The van der Waals surface area contributed by atoms with Crippen LogP contribution < -0.4 is 4.74 Å². The van der Waals surface area contributed by atoms with Crippen LogP contribution in [0.5, 0.6) is 5.75 Å². The van der Waals surface area contributed by atoms with Crippen LogP contribution in [0.2, 0.25) is 0 Å². The maximum Gasteiger partial charge on any atom is 0.278 e. The van der Waals surface area contributed by atoms with Gasteiger partial charge in [-0.05, 0) is 45.4 Å². The Labute approximate surface area is 148 Å². The van der Waals surface area contributed by atoms with Gasteiger partial charge in [-0.1, -0.05) is 12.1 Å². The van der Waals surface area contributed by atoms with Gasteiger partial charge in [0.05, 0.1) is 18.3 Å². The van der Waals surface area contributed by atoms with Crippen LogP contribution in [0.4, 0.5) is 0 Å². The first kappa shape index (κ1) is 19.0. The molecule has 0 fully saturated rings. The highest BCUT2D eigenvalue weighted by molar-refractivity contribution is 6.35. The van der Waals surface area contributed by atoms with E-state index in [1.165, 1.54) is 4.90 Å². The van der Waals surface area contributed by atoms with Gasteiger partial charge in [0.2, 0.25) is 0 Å². The fourth-order valence-corrected chi connectivity index (χ4v) is 2.85. The minimum absolute atomic E-state index is 0.0578. The van der Waals surface area contributed by atoms with E-state index in [1.54, 1.807) is 36.2 Å². The standard InChI is InChI=1S/C19H26N2O4/c1-12(2)21-18(23)16(17(19(21)24)20(5)10-11-22)14-6-8-15(9-7-14)25-13(3)4/h6-9,12-13,22H,10-11H2,1-5H3. The zero-order valence-corrected chi connectivity index (χ0v) is 15.4. The molecule has 136 valence electrons. The van der Waals surface area contributed by atoms with Crippen molar-refractivity contribution in [3.8, 4) is 5.75 Å². The van der Waals surface area contributed by atoms with Crippen LogP contribution in [0.15, 0.2) is 30.0 Å². The van der Waals surface area contributed by atoms with Crippen LogP contribution in [0, 0.1) is 0 Å². The predicted octanol–water partition coefficient (Wildman–Crippen LogP) is 1.89. The molecule has 2 amide bonds. The molecule has 1 aromatic carbocycles. The molecular weight excluding hydrogens is 320 g/mol. The van der Waals surface area contributed by atoms with Crippen LogP contribution in [0.3, 0.4) is 0 Å². The van der Waals surface area contributed by atoms with Crippen LogP contribution in [0.1, 0.15) is 33.3 Å². The van der Waals surface area contributed by atoms with Crippen LogP contribution in [-0.2, 0) is 9.59 Å². The summed E-state index contributed by atoms with van der Waals surface area (Å²) in [5.41, 5.74) is 1.36. The Morgan fingerprint density at radius 1 is 1.08 bits per heavy atom. The van der Waals surface area contributed by atoms with Gasteiger partial charge in [0, 0.05) is 19.6 Å². The maximum atomic E-state index is 12.9. The van der Waals surface area contributed by atoms with Gasteiger partial charge in [-0.15, -0.1) is 0 Å². The number of carbonyl (C=O) groups is 2. The lowest BCUT2D eigenvalue weighted by molar-refractivity contribution is -0.139. The van der Waals surface area contributed by atoms with Gasteiger partial charge < -0.3 is 14.7 Å². The highest BCUT2D eigenvalue weighted by Gasteiger charge is 2.41. The van der Waals surface area contributed by atoms with Crippen molar-refractivity contribution in [1.82, 2.24) is 9.80 Å². The van der Waals surface area contributed by atoms with Crippen molar-refractivity contribution in [3.05, 3.63) is 35.5 Å². The first-order valence-electron chi connectivity index (χ1n) is 8.49. The van der Waals surface area contributed by atoms with Crippen LogP contribution in [0.25, 0.3) is 5.57 Å². The van der Waals surface area contributed by atoms with Gasteiger partial charge in [-0.25, -0.2) is 0 Å². The summed E-state index contributed by atoms with van der Waals surface area (Å²) >= 11 is 0. The van der Waals surface area contributed by atoms with Crippen molar-refractivity contribution in [2.75, 3.05) is 20.2 Å². The summed E-state index contributed by atoms with van der Waals surface area (Å²) in [6.07, 6.45) is 0.0578. The Hall–Kier alpha value is -2.34. The van der Waals surface area contributed by atoms with Gasteiger partial charge in [0.15, 0.2) is 0 Å². The van der Waals surface area contributed by atoms with E-state index in [0.717, 1.165) is 0 Å². The van der Waals surface area contributed by atoms with Gasteiger partial charge >= 0.3 is 0 Å². The van der Waals surface area contributed by atoms with Crippen molar-refractivity contribution in [2.24, 2.45) is 0 Å². The lowest BCUT2D eigenvalue weighted by Crippen LogP contribution is -2.39. The largest absolute Gasteiger partial charge is 0.491 e. The molecule has 0 saturated heterocycles. The second-order valence-electron chi connectivity index (χ2n) is 6.63. The van der Waals surface area contributed by atoms with Gasteiger partial charge in [0.1, 0.15) is 11.4 Å². The molecule has 1 aliphatic rings. The Kier molecular flexibility index (Phi) is 5.85. The molecule has 6 nitrogen and oxygen atoms in total. The van der Waals surface area contributed by atoms with E-state index in [4.69, 9.17) is 4.74 Å². The molecular formula is C19H26N2O4. The summed E-state index contributed by atoms with van der Waals surface area (Å²) in [6, 6.07) is 6.92. The molecule has 0 saturated carbocycles. The monoisotopic (exact) mass is 346 g/mol. The highest BCUT2D eigenvalue weighted by atomic mass is 16.5. The molecule has 25 heavy (non-hydrogen) atoms. The lowest BCUT2D eigenvalue weighted by atomic mass is 10.0. The maximum absolute atomic E-state index is 12.9. The summed E-state index contributed by atoms with van der Waals surface area (Å²) in [7, 11) is 1.71. The second-order valence-corrected chi connectivity index (χ2v) is 6.63. The highest BCUT2D eigenvalue weighted by Crippen LogP contribution is 2.33. The summed E-state index contributed by atoms with van der Waals surface area (Å²) < 4.78 is 5.63. The molecule has 0 aromatic heterocycles. The third kappa shape index (κ3) is 3.85. The smallest absolute Gasteiger partial charge is 0.278 e. The summed E-state index contributed by atoms with van der Waals surface area (Å²) in [5.74, 6) is 0.0767. The van der Waals surface area contributed by atoms with Gasteiger partial charge in [0.25, 0.3) is 11.8 Å². The van der Waals surface area contributed by atoms with E-state index in [9.17, 15) is 14.7 Å². The van der Waals surface area contributed by atoms with Crippen molar-refractivity contribution in [1.29, 1.82) is 0 Å². The molecule has 0 bridgehead atoms. The Morgan fingerprint density at radius 3 is 2.16 bits per heavy atom. The van der Waals surface area contributed by atoms with E-state index in [0.29, 0.717) is 22.6 Å². The zero-order valence-electron chi connectivity index (χ0n) is 15.4. The minimum atomic E-state index is -0.326. The summed E-state index contributed by atoms with van der Waals surface area (Å²) in [5, 5.41) is 9.21. The molecule has 1 aromatic rings. The number of hydrogen-bond acceptors (Lipinski definition) is 5. The van der Waals surface area contributed by atoms with E-state index < -0.39 is 0 Å². The molecule has 0 unspecified atom stereocenters. The number of hydrogen-bond donors (Lipinski definition) is 1. The second kappa shape index (κ2) is 7.70. The molecule has 1 heterocycles. The Balaban J connectivity index is 2.47. The van der Waals surface area contributed by atoms with Crippen LogP contribution in [-0.4, -0.2) is 59.1 Å². The minimum Gasteiger partial charge on any atom is -0.491 e. The average Bonchev–Trinajstić information content (AvgIpc) is 2.78. The number of likely N-dealkylation sites (N-methyl/N-ethyl adjacent to an activating group) is 1. The first-order chi connectivity index (χ1) is 11.8. The summed E-state index contributed by atoms with van der Waals surface area (Å²) in [4.78, 5) is 28.5. The summed E-state index contributed by atoms with van der Waals surface area (Å²) in [6.45, 7) is 7.68. The van der Waals surface area contributed by atoms with Crippen molar-refractivity contribution in [2.45, 2.75) is 39.8 Å². The number of aliphatic hydroxyl groups is 1. The molecule has 1 aliphatic heterocycles. The van der Waals surface area contributed by atoms with Crippen molar-refractivity contribution in [3.63, 3.8) is 0 Å². The van der Waals surface area contributed by atoms with Gasteiger partial charge in [-0.3, -0.25) is 14.5 Å². The van der Waals surface area contributed by atoms with Gasteiger partial charge in [-0.2, -0.15) is 0 Å². The number of amides is 2. The lowest BCUT2D eigenvalue weighted by Gasteiger charge is -2.22. The van der Waals surface area contributed by atoms with Crippen LogP contribution >= 0.6 is 0 Å². The Morgan fingerprint density at radius 2 is 1.68 bits per heavy atom. The van der Waals surface area contributed by atoms with E-state index in [2.05, 4.69) is 0 Å². The number of nitrogens with zero attached hydrogens (tertiary/aromatic N) is 2. The molecule has 1 N–H and O–H groups in total. The van der Waals surface area contributed by atoms with Crippen molar-refractivity contribution >= 4 is 17.4 Å². The number of aliphatic hydroxyl groups excluding tert-OH is 1. The molecule has 0 aliphatic carbocycles. The number of benzene rings is 1. The molecule has 0 spiro atoms. The number of ether oxygens (including phenoxy) is 1. The van der Waals surface area contributed by atoms with E-state index in [-0.39, 0.29) is 37.1 Å². The molecule has 0 atom stereocenters. The normalized spacial score (nSPS) is 15.0. The quantitative estimate of drug-likeness (QED) is 0.764. The zero-order chi connectivity index (χ0) is 18.7. The fourth-order valence-electron chi connectivity index (χ4n) is 2.85. The number of carbonyl (C=O) groups excluding carboxylic acids is 2. The third-order valence-electron chi connectivity index (χ3n) is 3.94. The first-order valence-corrected chi connectivity index (χ1v) is 8.49. The fraction of sp³-hybridized carbons (Fsp3) is 0.474. The van der Waals surface area contributed by atoms with E-state index >= 15 is 0 Å². The molecule has 6 heteroatoms. The third-order valence-corrected chi connectivity index (χ3v) is 3.94. The average molecular weight is 346 g/mol. The number of rotatable bonds is 7. The number of imide groups is 1. The molecule has 0 radical (unpaired) electrons. The predicted molar refractivity (Wildman–Crippen MR) is 95.8 cm³/mol. The Bertz CT molecular complexity index is 677. The van der Waals surface area contributed by atoms with Crippen molar-refractivity contribution < 1.29 is 19.4 Å². The van der Waals surface area contributed by atoms with E-state index in [1.807, 2.05) is 27.7 Å². The topological polar surface area (TPSA) is 70.1 Å². The molecule has 2 rings (SSSR count).